The molecule has 1 fully saturated rings. The summed E-state index contributed by atoms with van der Waals surface area (Å²) in [6.07, 6.45) is 3.82. The van der Waals surface area contributed by atoms with Crippen molar-refractivity contribution in [3.63, 3.8) is 0 Å². The van der Waals surface area contributed by atoms with E-state index in [0.29, 0.717) is 4.80 Å². The Morgan fingerprint density at radius 1 is 1.46 bits per heavy atom. The lowest BCUT2D eigenvalue weighted by atomic mass is 9.80. The Balaban J connectivity index is 2.22. The van der Waals surface area contributed by atoms with Crippen molar-refractivity contribution in [2.75, 3.05) is 13.2 Å². The van der Waals surface area contributed by atoms with Crippen molar-refractivity contribution in [2.45, 2.75) is 25.2 Å². The number of rotatable bonds is 1. The van der Waals surface area contributed by atoms with Gasteiger partial charge in [-0.05, 0) is 12.8 Å². The van der Waals surface area contributed by atoms with Gasteiger partial charge in [0.1, 0.15) is 5.76 Å². The molecule has 0 saturated carbocycles. The quantitative estimate of drug-likeness (QED) is 0.763. The molecule has 0 amide bonds. The number of hydrogen-bond donors (Lipinski definition) is 0. The van der Waals surface area contributed by atoms with E-state index in [0.717, 1.165) is 31.8 Å². The van der Waals surface area contributed by atoms with Gasteiger partial charge in [0.25, 0.3) is 4.80 Å². The maximum absolute atomic E-state index is 5.48. The molecule has 0 aromatic carbocycles. The molecule has 4 heteroatoms. The van der Waals surface area contributed by atoms with E-state index in [9.17, 15) is 0 Å². The molecule has 2 rings (SSSR count). The Morgan fingerprint density at radius 2 is 2.15 bits per heavy atom. The summed E-state index contributed by atoms with van der Waals surface area (Å²) in [5, 5.41) is 0. The van der Waals surface area contributed by atoms with Crippen LogP contribution in [0.4, 0.5) is 0 Å². The molecule has 0 bridgehead atoms. The van der Waals surface area contributed by atoms with E-state index in [1.54, 1.807) is 6.20 Å². The number of aromatic nitrogens is 1. The topological polar surface area (TPSA) is 35.3 Å². The van der Waals surface area contributed by atoms with Gasteiger partial charge in [0.2, 0.25) is 0 Å². The Bertz CT molecular complexity index is 292. The lowest BCUT2D eigenvalue weighted by molar-refractivity contribution is 0.0486. The number of hydrogen-bond acceptors (Lipinski definition) is 3. The fourth-order valence-corrected chi connectivity index (χ4v) is 1.88. The second-order valence-electron chi connectivity index (χ2n) is 3.65. The van der Waals surface area contributed by atoms with Crippen LogP contribution in [0.1, 0.15) is 25.5 Å². The van der Waals surface area contributed by atoms with Crippen molar-refractivity contribution >= 4 is 15.9 Å². The third-order valence-electron chi connectivity index (χ3n) is 2.67. The fourth-order valence-electron chi connectivity index (χ4n) is 1.60. The van der Waals surface area contributed by atoms with Gasteiger partial charge < -0.3 is 9.15 Å². The predicted molar refractivity (Wildman–Crippen MR) is 51.6 cm³/mol. The molecular weight excluding hydrogens is 234 g/mol. The van der Waals surface area contributed by atoms with Gasteiger partial charge in [-0.3, -0.25) is 0 Å². The van der Waals surface area contributed by atoms with Crippen molar-refractivity contribution in [1.82, 2.24) is 4.98 Å². The summed E-state index contributed by atoms with van der Waals surface area (Å²) >= 11 is 3.21. The average molecular weight is 246 g/mol. The van der Waals surface area contributed by atoms with Crippen LogP contribution in [0.15, 0.2) is 15.4 Å². The number of nitrogens with zero attached hydrogens (tertiary/aromatic N) is 1. The summed E-state index contributed by atoms with van der Waals surface area (Å²) in [5.41, 5.74) is 0.108. The zero-order valence-corrected chi connectivity index (χ0v) is 9.13. The van der Waals surface area contributed by atoms with Crippen molar-refractivity contribution in [3.8, 4) is 0 Å². The first kappa shape index (κ1) is 9.21. The Kier molecular flexibility index (Phi) is 2.43. The summed E-state index contributed by atoms with van der Waals surface area (Å²) < 4.78 is 10.8. The lowest BCUT2D eigenvalue weighted by Crippen LogP contribution is -2.30. The van der Waals surface area contributed by atoms with Gasteiger partial charge in [0.15, 0.2) is 0 Å². The van der Waals surface area contributed by atoms with E-state index < -0.39 is 0 Å². The maximum Gasteiger partial charge on any atom is 0.264 e. The van der Waals surface area contributed by atoms with Crippen LogP contribution in [0.2, 0.25) is 0 Å². The fraction of sp³-hybridized carbons (Fsp3) is 0.667. The third-order valence-corrected chi connectivity index (χ3v) is 3.04. The summed E-state index contributed by atoms with van der Waals surface area (Å²) in [7, 11) is 0. The van der Waals surface area contributed by atoms with Gasteiger partial charge in [0, 0.05) is 34.6 Å². The van der Waals surface area contributed by atoms with Gasteiger partial charge in [-0.25, -0.2) is 4.98 Å². The second kappa shape index (κ2) is 3.42. The largest absolute Gasteiger partial charge is 0.436 e. The van der Waals surface area contributed by atoms with Crippen molar-refractivity contribution in [1.29, 1.82) is 0 Å². The van der Waals surface area contributed by atoms with Crippen molar-refractivity contribution in [2.24, 2.45) is 0 Å². The third kappa shape index (κ3) is 1.79. The minimum atomic E-state index is 0.108. The molecule has 1 aromatic heterocycles. The maximum atomic E-state index is 5.48. The first-order valence-corrected chi connectivity index (χ1v) is 5.20. The summed E-state index contributed by atoms with van der Waals surface area (Å²) in [6, 6.07) is 0. The van der Waals surface area contributed by atoms with Gasteiger partial charge in [-0.2, -0.15) is 0 Å². The second-order valence-corrected chi connectivity index (χ2v) is 4.33. The van der Waals surface area contributed by atoms with E-state index in [1.807, 2.05) is 0 Å². The molecule has 1 saturated heterocycles. The molecule has 2 heterocycles. The zero-order chi connectivity index (χ0) is 9.31. The molecular formula is C9H12BrNO2. The highest BCUT2D eigenvalue weighted by atomic mass is 79.9. The SMILES string of the molecule is CC1(c2cnc(Br)o2)CCOCC1. The van der Waals surface area contributed by atoms with Crippen LogP contribution in [-0.4, -0.2) is 18.2 Å². The number of halogens is 1. The molecule has 0 radical (unpaired) electrons. The van der Waals surface area contributed by atoms with Gasteiger partial charge in [-0.15, -0.1) is 0 Å². The predicted octanol–water partition coefficient (Wildman–Crippen LogP) is 2.51. The minimum Gasteiger partial charge on any atom is -0.436 e. The molecule has 0 unspecified atom stereocenters. The Hall–Kier alpha value is -0.350. The van der Waals surface area contributed by atoms with E-state index in [4.69, 9.17) is 9.15 Å². The van der Waals surface area contributed by atoms with Crippen LogP contribution in [0, 0.1) is 0 Å². The lowest BCUT2D eigenvalue weighted by Gasteiger charge is -2.30. The molecule has 3 nitrogen and oxygen atoms in total. The van der Waals surface area contributed by atoms with Gasteiger partial charge in [-0.1, -0.05) is 6.92 Å². The standard InChI is InChI=1S/C9H12BrNO2/c1-9(2-4-12-5-3-9)7-6-11-8(10)13-7/h6H,2-5H2,1H3. The molecule has 13 heavy (non-hydrogen) atoms. The van der Waals surface area contributed by atoms with Crippen LogP contribution < -0.4 is 0 Å². The van der Waals surface area contributed by atoms with Crippen molar-refractivity contribution < 1.29 is 9.15 Å². The Morgan fingerprint density at radius 3 is 2.69 bits per heavy atom. The van der Waals surface area contributed by atoms with Crippen LogP contribution in [-0.2, 0) is 10.2 Å². The van der Waals surface area contributed by atoms with Crippen LogP contribution in [0.5, 0.6) is 0 Å². The molecule has 72 valence electrons. The van der Waals surface area contributed by atoms with Gasteiger partial charge in [0.05, 0.1) is 6.20 Å². The Labute approximate surface area is 85.6 Å². The normalized spacial score (nSPS) is 21.7. The van der Waals surface area contributed by atoms with E-state index >= 15 is 0 Å². The number of oxazole rings is 1. The van der Waals surface area contributed by atoms with Crippen LogP contribution >= 0.6 is 15.9 Å². The first-order chi connectivity index (χ1) is 6.21. The van der Waals surface area contributed by atoms with Crippen LogP contribution in [0.3, 0.4) is 0 Å². The van der Waals surface area contributed by atoms with E-state index in [2.05, 4.69) is 27.8 Å². The van der Waals surface area contributed by atoms with Crippen molar-refractivity contribution in [3.05, 3.63) is 16.8 Å². The van der Waals surface area contributed by atoms with Crippen LogP contribution in [0.25, 0.3) is 0 Å². The van der Waals surface area contributed by atoms with E-state index in [-0.39, 0.29) is 5.41 Å². The monoisotopic (exact) mass is 245 g/mol. The minimum absolute atomic E-state index is 0.108. The molecule has 1 aliphatic heterocycles. The summed E-state index contributed by atoms with van der Waals surface area (Å²) in [4.78, 5) is 4.61. The smallest absolute Gasteiger partial charge is 0.264 e. The molecule has 0 N–H and O–H groups in total. The molecule has 0 aliphatic carbocycles. The zero-order valence-electron chi connectivity index (χ0n) is 7.55. The highest BCUT2D eigenvalue weighted by Crippen LogP contribution is 2.35. The average Bonchev–Trinajstić information content (AvgIpc) is 2.54. The molecule has 1 aliphatic rings. The number of ether oxygens (including phenoxy) is 1. The summed E-state index contributed by atoms with van der Waals surface area (Å²) in [5.74, 6) is 0.961. The molecule has 0 spiro atoms. The van der Waals surface area contributed by atoms with Gasteiger partial charge >= 0.3 is 0 Å². The van der Waals surface area contributed by atoms with E-state index in [1.165, 1.54) is 0 Å². The molecule has 1 aromatic rings. The first-order valence-electron chi connectivity index (χ1n) is 4.40. The highest BCUT2D eigenvalue weighted by molar-refractivity contribution is 9.10. The summed E-state index contributed by atoms with van der Waals surface area (Å²) in [6.45, 7) is 3.83. The highest BCUT2D eigenvalue weighted by Gasteiger charge is 2.32. The molecule has 0 atom stereocenters.